The lowest BCUT2D eigenvalue weighted by atomic mass is 10.1. The van der Waals surface area contributed by atoms with E-state index in [-0.39, 0.29) is 23.8 Å². The van der Waals surface area contributed by atoms with Gasteiger partial charge in [-0.25, -0.2) is 0 Å². The van der Waals surface area contributed by atoms with Gasteiger partial charge < -0.3 is 9.64 Å². The highest BCUT2D eigenvalue weighted by Crippen LogP contribution is 2.10. The van der Waals surface area contributed by atoms with Crippen molar-refractivity contribution in [2.75, 3.05) is 13.7 Å². The molecule has 0 aliphatic rings. The van der Waals surface area contributed by atoms with Gasteiger partial charge in [0.1, 0.15) is 0 Å². The Morgan fingerprint density at radius 2 is 1.82 bits per heavy atom. The minimum Gasteiger partial charge on any atom is -0.469 e. The second-order valence-electron chi connectivity index (χ2n) is 4.67. The third kappa shape index (κ3) is 5.71. The number of rotatable bonds is 7. The topological polar surface area (TPSA) is 46.6 Å². The van der Waals surface area contributed by atoms with Crippen LogP contribution in [0.2, 0.25) is 0 Å². The van der Waals surface area contributed by atoms with Gasteiger partial charge in [-0.2, -0.15) is 0 Å². The van der Waals surface area contributed by atoms with Gasteiger partial charge in [0.15, 0.2) is 0 Å². The summed E-state index contributed by atoms with van der Waals surface area (Å²) in [6.45, 7) is 8.22. The first-order valence-corrected chi connectivity index (χ1v) is 6.31. The molecule has 0 spiro atoms. The smallest absolute Gasteiger partial charge is 0.310 e. The molecule has 0 saturated heterocycles. The Morgan fingerprint density at radius 1 is 1.24 bits per heavy atom. The molecule has 0 rings (SSSR count). The number of hydrogen-bond donors (Lipinski definition) is 0. The Balaban J connectivity index is 4.43. The van der Waals surface area contributed by atoms with Gasteiger partial charge in [-0.15, -0.1) is 0 Å². The highest BCUT2D eigenvalue weighted by atomic mass is 16.5. The van der Waals surface area contributed by atoms with Crippen molar-refractivity contribution in [2.24, 2.45) is 5.92 Å². The van der Waals surface area contributed by atoms with E-state index < -0.39 is 0 Å². The van der Waals surface area contributed by atoms with E-state index in [2.05, 4.69) is 11.7 Å². The summed E-state index contributed by atoms with van der Waals surface area (Å²) >= 11 is 0. The summed E-state index contributed by atoms with van der Waals surface area (Å²) < 4.78 is 4.68. The normalized spacial score (nSPS) is 12.4. The molecule has 1 amide bonds. The Morgan fingerprint density at radius 3 is 2.24 bits per heavy atom. The monoisotopic (exact) mass is 243 g/mol. The summed E-state index contributed by atoms with van der Waals surface area (Å²) in [7, 11) is 1.37. The van der Waals surface area contributed by atoms with Crippen molar-refractivity contribution in [1.82, 2.24) is 4.90 Å². The van der Waals surface area contributed by atoms with Crippen LogP contribution in [-0.2, 0) is 14.3 Å². The van der Waals surface area contributed by atoms with Crippen LogP contribution >= 0.6 is 0 Å². The number of esters is 1. The van der Waals surface area contributed by atoms with Gasteiger partial charge in [-0.3, -0.25) is 9.59 Å². The molecule has 0 N–H and O–H groups in total. The Labute approximate surface area is 104 Å². The molecule has 17 heavy (non-hydrogen) atoms. The first kappa shape index (κ1) is 15.9. The minimum absolute atomic E-state index is 0.117. The van der Waals surface area contributed by atoms with E-state index in [1.54, 1.807) is 11.8 Å². The van der Waals surface area contributed by atoms with E-state index in [4.69, 9.17) is 0 Å². The predicted molar refractivity (Wildman–Crippen MR) is 67.6 cm³/mol. The van der Waals surface area contributed by atoms with E-state index in [1.165, 1.54) is 7.11 Å². The van der Waals surface area contributed by atoms with Gasteiger partial charge in [0.25, 0.3) is 0 Å². The lowest BCUT2D eigenvalue weighted by Crippen LogP contribution is -2.41. The molecule has 4 heteroatoms. The zero-order valence-electron chi connectivity index (χ0n) is 11.7. The average Bonchev–Trinajstić information content (AvgIpc) is 2.30. The van der Waals surface area contributed by atoms with Gasteiger partial charge in [-0.1, -0.05) is 20.3 Å². The molecule has 0 aromatic heterocycles. The molecule has 100 valence electrons. The number of nitrogens with zero attached hydrogens (tertiary/aromatic N) is 1. The van der Waals surface area contributed by atoms with Crippen LogP contribution < -0.4 is 0 Å². The van der Waals surface area contributed by atoms with Crippen LogP contribution in [0.5, 0.6) is 0 Å². The van der Waals surface area contributed by atoms with Crippen LogP contribution in [0.4, 0.5) is 0 Å². The molecule has 0 aromatic carbocycles. The summed E-state index contributed by atoms with van der Waals surface area (Å²) in [5.74, 6) is -0.412. The van der Waals surface area contributed by atoms with E-state index >= 15 is 0 Å². The van der Waals surface area contributed by atoms with Gasteiger partial charge in [0, 0.05) is 19.0 Å². The number of methoxy groups -OCH3 is 1. The van der Waals surface area contributed by atoms with Crippen LogP contribution in [-0.4, -0.2) is 36.5 Å². The lowest BCUT2D eigenvalue weighted by Gasteiger charge is -2.28. The predicted octanol–water partition coefficient (Wildman–Crippen LogP) is 2.22. The fourth-order valence-electron chi connectivity index (χ4n) is 1.64. The summed E-state index contributed by atoms with van der Waals surface area (Å²) in [6, 6.07) is 0.117. The van der Waals surface area contributed by atoms with Crippen molar-refractivity contribution in [1.29, 1.82) is 0 Å². The summed E-state index contributed by atoms with van der Waals surface area (Å²) in [6.07, 6.45) is 2.46. The number of carbonyl (C=O) groups excluding carboxylic acids is 2. The third-order valence-corrected chi connectivity index (χ3v) is 2.76. The Kier molecular flexibility index (Phi) is 7.59. The number of carbonyl (C=O) groups is 2. The fraction of sp³-hybridized carbons (Fsp3) is 0.846. The van der Waals surface area contributed by atoms with Gasteiger partial charge in [-0.05, 0) is 20.3 Å². The number of ether oxygens (including phenoxy) is 1. The van der Waals surface area contributed by atoms with Crippen LogP contribution in [0.25, 0.3) is 0 Å². The first-order chi connectivity index (χ1) is 7.93. The second-order valence-corrected chi connectivity index (χ2v) is 4.67. The van der Waals surface area contributed by atoms with Crippen molar-refractivity contribution < 1.29 is 14.3 Å². The highest BCUT2D eigenvalue weighted by Gasteiger charge is 2.22. The van der Waals surface area contributed by atoms with Crippen molar-refractivity contribution in [3.63, 3.8) is 0 Å². The standard InChI is InChI=1S/C13H25NO3/c1-6-7-8-12(15)14(10(2)3)9-11(4)13(16)17-5/h10-11H,6-9H2,1-5H3. The molecule has 0 aliphatic carbocycles. The summed E-state index contributed by atoms with van der Waals surface area (Å²) in [5.41, 5.74) is 0. The molecular formula is C13H25NO3. The van der Waals surface area contributed by atoms with Gasteiger partial charge in [0.2, 0.25) is 5.91 Å². The molecule has 0 bridgehead atoms. The molecule has 1 atom stereocenters. The first-order valence-electron chi connectivity index (χ1n) is 6.31. The molecule has 4 nitrogen and oxygen atoms in total. The maximum atomic E-state index is 12.0. The zero-order valence-corrected chi connectivity index (χ0v) is 11.7. The van der Waals surface area contributed by atoms with Crippen molar-refractivity contribution in [3.8, 4) is 0 Å². The van der Waals surface area contributed by atoms with Crippen molar-refractivity contribution >= 4 is 11.9 Å². The minimum atomic E-state index is -0.270. The van der Waals surface area contributed by atoms with Gasteiger partial charge in [0.05, 0.1) is 13.0 Å². The van der Waals surface area contributed by atoms with E-state index in [1.807, 2.05) is 13.8 Å². The molecule has 0 heterocycles. The number of amides is 1. The lowest BCUT2D eigenvalue weighted by molar-refractivity contribution is -0.146. The Hall–Kier alpha value is -1.06. The maximum absolute atomic E-state index is 12.0. The summed E-state index contributed by atoms with van der Waals surface area (Å²) in [4.78, 5) is 25.1. The third-order valence-electron chi connectivity index (χ3n) is 2.76. The SMILES string of the molecule is CCCCC(=O)N(CC(C)C(=O)OC)C(C)C. The van der Waals surface area contributed by atoms with E-state index in [0.29, 0.717) is 13.0 Å². The fourth-order valence-corrected chi connectivity index (χ4v) is 1.64. The molecule has 0 fully saturated rings. The molecule has 1 unspecified atom stereocenters. The van der Waals surface area contributed by atoms with Crippen LogP contribution in [0.15, 0.2) is 0 Å². The zero-order chi connectivity index (χ0) is 13.4. The highest BCUT2D eigenvalue weighted by molar-refractivity contribution is 5.78. The van der Waals surface area contributed by atoms with Crippen LogP contribution in [0.1, 0.15) is 47.0 Å². The Bertz CT molecular complexity index is 251. The summed E-state index contributed by atoms with van der Waals surface area (Å²) in [5, 5.41) is 0. The number of unbranched alkanes of at least 4 members (excludes halogenated alkanes) is 1. The van der Waals surface area contributed by atoms with Gasteiger partial charge >= 0.3 is 5.97 Å². The maximum Gasteiger partial charge on any atom is 0.310 e. The molecule has 0 aromatic rings. The molecule has 0 radical (unpaired) electrons. The quantitative estimate of drug-likeness (QED) is 0.644. The van der Waals surface area contributed by atoms with Crippen molar-refractivity contribution in [3.05, 3.63) is 0 Å². The molecule has 0 saturated carbocycles. The van der Waals surface area contributed by atoms with Crippen molar-refractivity contribution in [2.45, 2.75) is 53.0 Å². The number of hydrogen-bond acceptors (Lipinski definition) is 3. The van der Waals surface area contributed by atoms with Crippen LogP contribution in [0.3, 0.4) is 0 Å². The average molecular weight is 243 g/mol. The van der Waals surface area contributed by atoms with E-state index in [9.17, 15) is 9.59 Å². The second kappa shape index (κ2) is 8.09. The largest absolute Gasteiger partial charge is 0.469 e. The molecule has 0 aliphatic heterocycles. The van der Waals surface area contributed by atoms with Crippen LogP contribution in [0, 0.1) is 5.92 Å². The molecular weight excluding hydrogens is 218 g/mol. The van der Waals surface area contributed by atoms with E-state index in [0.717, 1.165) is 12.8 Å².